The molecule has 0 aliphatic carbocycles. The van der Waals surface area contributed by atoms with Gasteiger partial charge in [-0.25, -0.2) is 0 Å². The number of aromatic nitrogens is 1. The van der Waals surface area contributed by atoms with Gasteiger partial charge >= 0.3 is 0 Å². The van der Waals surface area contributed by atoms with Crippen LogP contribution in [0.2, 0.25) is 0 Å². The third-order valence-electron chi connectivity index (χ3n) is 4.81. The van der Waals surface area contributed by atoms with E-state index in [1.165, 1.54) is 51.6 Å². The summed E-state index contributed by atoms with van der Waals surface area (Å²) >= 11 is 0. The molecule has 0 atom stereocenters. The topological polar surface area (TPSA) is 37.4 Å². The largest absolute Gasteiger partial charge is 0.497 e. The molecule has 6 heteroatoms. The number of nitrogens with one attached hydrogen (secondary N) is 1. The van der Waals surface area contributed by atoms with Gasteiger partial charge in [-0.05, 0) is 38.1 Å². The molecule has 0 saturated carbocycles. The molecule has 0 unspecified atom stereocenters. The van der Waals surface area contributed by atoms with E-state index >= 15 is 0 Å². The van der Waals surface area contributed by atoms with Crippen LogP contribution in [0, 0.1) is 0 Å². The van der Waals surface area contributed by atoms with Crippen LogP contribution in [0.4, 0.5) is 5.69 Å². The minimum atomic E-state index is 0. The van der Waals surface area contributed by atoms with Crippen molar-refractivity contribution >= 4 is 41.4 Å². The maximum atomic E-state index is 5.44. The minimum absolute atomic E-state index is 0. The van der Waals surface area contributed by atoms with Crippen LogP contribution in [-0.4, -0.2) is 43.2 Å². The summed E-state index contributed by atoms with van der Waals surface area (Å²) in [5.74, 6) is 0.871. The molecule has 0 fully saturated rings. The van der Waals surface area contributed by atoms with Crippen LogP contribution < -0.4 is 10.1 Å². The van der Waals surface area contributed by atoms with E-state index in [1.807, 2.05) is 24.4 Å². The van der Waals surface area contributed by atoms with Crippen LogP contribution in [0.25, 0.3) is 10.9 Å². The van der Waals surface area contributed by atoms with Crippen molar-refractivity contribution in [2.24, 2.45) is 0 Å². The fraction of sp³-hybridized carbons (Fsp3) is 0.591. The maximum Gasteiger partial charge on any atom is 0.121 e. The molecule has 0 aliphatic rings. The normalized spacial score (nSPS) is 10.4. The van der Waals surface area contributed by atoms with E-state index in [0.717, 1.165) is 35.4 Å². The summed E-state index contributed by atoms with van der Waals surface area (Å²) in [6.07, 6.45) is 9.65. The Labute approximate surface area is 183 Å². The summed E-state index contributed by atoms with van der Waals surface area (Å²) in [5.41, 5.74) is 2.07. The number of halogens is 2. The minimum Gasteiger partial charge on any atom is -0.497 e. The van der Waals surface area contributed by atoms with E-state index in [4.69, 9.17) is 4.74 Å². The zero-order valence-electron chi connectivity index (χ0n) is 17.6. The van der Waals surface area contributed by atoms with E-state index in [1.54, 1.807) is 7.11 Å². The highest BCUT2D eigenvalue weighted by Crippen LogP contribution is 2.27. The van der Waals surface area contributed by atoms with Crippen molar-refractivity contribution in [2.75, 3.05) is 38.6 Å². The molecule has 1 heterocycles. The van der Waals surface area contributed by atoms with E-state index in [2.05, 4.69) is 35.1 Å². The molecule has 0 spiro atoms. The number of benzene rings is 1. The van der Waals surface area contributed by atoms with Crippen LogP contribution in [0.5, 0.6) is 5.75 Å². The zero-order valence-corrected chi connectivity index (χ0v) is 19.2. The molecule has 1 aromatic heterocycles. The van der Waals surface area contributed by atoms with Crippen molar-refractivity contribution < 1.29 is 4.74 Å². The van der Waals surface area contributed by atoms with Crippen LogP contribution in [0.1, 0.15) is 52.4 Å². The van der Waals surface area contributed by atoms with Crippen LogP contribution >= 0.6 is 24.8 Å². The Morgan fingerprint density at radius 3 is 2.25 bits per heavy atom. The van der Waals surface area contributed by atoms with Crippen molar-refractivity contribution in [3.8, 4) is 5.75 Å². The Morgan fingerprint density at radius 1 is 0.964 bits per heavy atom. The molecule has 0 amide bonds. The smallest absolute Gasteiger partial charge is 0.121 e. The van der Waals surface area contributed by atoms with E-state index < -0.39 is 0 Å². The molecule has 0 radical (unpaired) electrons. The van der Waals surface area contributed by atoms with Crippen molar-refractivity contribution in [3.05, 3.63) is 30.5 Å². The predicted octanol–water partition coefficient (Wildman–Crippen LogP) is 6.18. The number of unbranched alkanes of at least 4 members (excludes halogenated alkanes) is 4. The zero-order chi connectivity index (χ0) is 18.6. The number of anilines is 1. The summed E-state index contributed by atoms with van der Waals surface area (Å²) in [4.78, 5) is 7.15. The molecule has 28 heavy (non-hydrogen) atoms. The lowest BCUT2D eigenvalue weighted by molar-refractivity contribution is 0.271. The second-order valence-corrected chi connectivity index (χ2v) is 6.93. The lowest BCUT2D eigenvalue weighted by atomic mass is 10.1. The van der Waals surface area contributed by atoms with Crippen molar-refractivity contribution in [1.29, 1.82) is 0 Å². The Kier molecular flexibility index (Phi) is 15.0. The van der Waals surface area contributed by atoms with Crippen LogP contribution in [-0.2, 0) is 0 Å². The molecule has 0 bridgehead atoms. The average Bonchev–Trinajstić information content (AvgIpc) is 2.67. The first kappa shape index (κ1) is 26.8. The molecule has 1 aromatic carbocycles. The quantitative estimate of drug-likeness (QED) is 0.385. The highest BCUT2D eigenvalue weighted by atomic mass is 35.5. The van der Waals surface area contributed by atoms with Gasteiger partial charge < -0.3 is 15.0 Å². The fourth-order valence-electron chi connectivity index (χ4n) is 3.27. The molecule has 0 saturated heterocycles. The first-order valence-corrected chi connectivity index (χ1v) is 10.2. The average molecular weight is 430 g/mol. The van der Waals surface area contributed by atoms with Gasteiger partial charge in [0.1, 0.15) is 5.75 Å². The van der Waals surface area contributed by atoms with Gasteiger partial charge in [0, 0.05) is 30.7 Å². The molecular formula is C22H37Cl2N3O. The van der Waals surface area contributed by atoms with E-state index in [9.17, 15) is 0 Å². The Morgan fingerprint density at radius 2 is 1.64 bits per heavy atom. The van der Waals surface area contributed by atoms with Crippen LogP contribution in [0.15, 0.2) is 30.5 Å². The summed E-state index contributed by atoms with van der Waals surface area (Å²) in [7, 11) is 1.71. The van der Waals surface area contributed by atoms with Gasteiger partial charge in [0.05, 0.1) is 18.3 Å². The van der Waals surface area contributed by atoms with Crippen LogP contribution in [0.3, 0.4) is 0 Å². The molecule has 2 aromatic rings. The lowest BCUT2D eigenvalue weighted by Gasteiger charge is -2.23. The number of rotatable bonds is 13. The summed E-state index contributed by atoms with van der Waals surface area (Å²) in [5, 5.41) is 4.70. The third-order valence-corrected chi connectivity index (χ3v) is 4.81. The van der Waals surface area contributed by atoms with Gasteiger partial charge in [-0.2, -0.15) is 0 Å². The SMILES string of the molecule is CCCCCN(CCCCC)CCNc1cc(OC)cc2cccnc12.Cl.Cl. The second kappa shape index (κ2) is 15.7. The number of fused-ring (bicyclic) bond motifs is 1. The highest BCUT2D eigenvalue weighted by Gasteiger charge is 2.08. The molecular weight excluding hydrogens is 393 g/mol. The van der Waals surface area contributed by atoms with Gasteiger partial charge in [0.15, 0.2) is 0 Å². The molecule has 4 nitrogen and oxygen atoms in total. The van der Waals surface area contributed by atoms with Crippen molar-refractivity contribution in [1.82, 2.24) is 9.88 Å². The fourth-order valence-corrected chi connectivity index (χ4v) is 3.27. The Hall–Kier alpha value is -1.23. The number of methoxy groups -OCH3 is 1. The Bertz CT molecular complexity index is 645. The number of nitrogens with zero attached hydrogens (tertiary/aromatic N) is 2. The molecule has 2 rings (SSSR count). The maximum absolute atomic E-state index is 5.44. The first-order chi connectivity index (χ1) is 12.8. The molecule has 160 valence electrons. The summed E-state index contributed by atoms with van der Waals surface area (Å²) < 4.78 is 5.44. The van der Waals surface area contributed by atoms with Gasteiger partial charge in [-0.3, -0.25) is 4.98 Å². The number of hydrogen-bond donors (Lipinski definition) is 1. The van der Waals surface area contributed by atoms with Gasteiger partial charge in [-0.1, -0.05) is 45.6 Å². The lowest BCUT2D eigenvalue weighted by Crippen LogP contribution is -2.31. The Balaban J connectivity index is 0.00000364. The second-order valence-electron chi connectivity index (χ2n) is 6.93. The van der Waals surface area contributed by atoms with Gasteiger partial charge in [-0.15, -0.1) is 24.8 Å². The summed E-state index contributed by atoms with van der Waals surface area (Å²) in [6, 6.07) is 8.13. The van der Waals surface area contributed by atoms with Gasteiger partial charge in [0.2, 0.25) is 0 Å². The predicted molar refractivity (Wildman–Crippen MR) is 127 cm³/mol. The van der Waals surface area contributed by atoms with Crippen molar-refractivity contribution in [2.45, 2.75) is 52.4 Å². The number of hydrogen-bond acceptors (Lipinski definition) is 4. The third kappa shape index (κ3) is 8.85. The monoisotopic (exact) mass is 429 g/mol. The number of pyridine rings is 1. The van der Waals surface area contributed by atoms with Gasteiger partial charge in [0.25, 0.3) is 0 Å². The van der Waals surface area contributed by atoms with E-state index in [0.29, 0.717) is 0 Å². The molecule has 1 N–H and O–H groups in total. The summed E-state index contributed by atoms with van der Waals surface area (Å²) in [6.45, 7) is 8.94. The molecule has 0 aliphatic heterocycles. The number of ether oxygens (including phenoxy) is 1. The first-order valence-electron chi connectivity index (χ1n) is 10.2. The van der Waals surface area contributed by atoms with E-state index in [-0.39, 0.29) is 24.8 Å². The standard InChI is InChI=1S/C22H35N3O.2ClH/c1-4-6-8-14-25(15-9-7-5-2)16-13-23-21-18-20(26-3)17-19-11-10-12-24-22(19)21;;/h10-12,17-18,23H,4-9,13-16H2,1-3H3;2*1H. The van der Waals surface area contributed by atoms with Crippen molar-refractivity contribution in [3.63, 3.8) is 0 Å². The highest BCUT2D eigenvalue weighted by molar-refractivity contribution is 5.91.